The van der Waals surface area contributed by atoms with Gasteiger partial charge in [0.1, 0.15) is 14.4 Å². The molecule has 1 aromatic heterocycles. The molecule has 0 amide bonds. The quantitative estimate of drug-likeness (QED) is 0.738. The maximum atomic E-state index is 11.7. The zero-order valence-corrected chi connectivity index (χ0v) is 18.3. The van der Waals surface area contributed by atoms with Crippen LogP contribution in [0.2, 0.25) is 0 Å². The van der Waals surface area contributed by atoms with Gasteiger partial charge in [-0.05, 0) is 60.0 Å². The lowest BCUT2D eigenvalue weighted by Gasteiger charge is -2.35. The number of aromatic nitrogens is 2. The summed E-state index contributed by atoms with van der Waals surface area (Å²) in [6, 6.07) is 1.29. The van der Waals surface area contributed by atoms with Crippen molar-refractivity contribution in [1.82, 2.24) is 14.2 Å². The van der Waals surface area contributed by atoms with E-state index in [-0.39, 0.29) is 30.0 Å². The Morgan fingerprint density at radius 1 is 1.56 bits per heavy atom. The minimum Gasteiger partial charge on any atom is -0.459 e. The number of fused-ring (bicyclic) bond motifs is 3. The van der Waals surface area contributed by atoms with Crippen molar-refractivity contribution in [2.24, 2.45) is 5.92 Å². The van der Waals surface area contributed by atoms with E-state index in [0.717, 1.165) is 6.42 Å². The Morgan fingerprint density at radius 3 is 2.78 bits per heavy atom. The van der Waals surface area contributed by atoms with Crippen LogP contribution >= 0.6 is 8.30 Å². The number of hydrogen-bond donors (Lipinski definition) is 1. The van der Waals surface area contributed by atoms with Gasteiger partial charge in [0.15, 0.2) is 0 Å². The fourth-order valence-corrected chi connectivity index (χ4v) is 5.79. The van der Waals surface area contributed by atoms with Gasteiger partial charge in [0, 0.05) is 32.3 Å². The van der Waals surface area contributed by atoms with Crippen LogP contribution in [-0.2, 0) is 4.52 Å². The van der Waals surface area contributed by atoms with Crippen LogP contribution in [0, 0.1) is 12.8 Å². The largest absolute Gasteiger partial charge is 0.459 e. The highest BCUT2D eigenvalue weighted by Crippen LogP contribution is 2.46. The fraction of sp³-hybridized carbons (Fsp3) is 0.789. The van der Waals surface area contributed by atoms with Crippen molar-refractivity contribution in [1.29, 1.82) is 1.43 Å². The number of aliphatic hydroxyl groups excluding tert-OH is 1. The molecular formula is C19H34N3O4P. The van der Waals surface area contributed by atoms with Crippen LogP contribution in [0.3, 0.4) is 0 Å². The van der Waals surface area contributed by atoms with E-state index in [4.69, 9.17) is 12.1 Å². The Morgan fingerprint density at radius 2 is 2.19 bits per heavy atom. The topological polar surface area (TPSA) is 76.8 Å². The summed E-state index contributed by atoms with van der Waals surface area (Å²) in [5, 5.41) is 3.50. The van der Waals surface area contributed by atoms with E-state index in [2.05, 4.69) is 49.1 Å². The van der Waals surface area contributed by atoms with Crippen molar-refractivity contribution in [2.45, 2.75) is 71.7 Å². The van der Waals surface area contributed by atoms with Gasteiger partial charge in [-0.1, -0.05) is 0 Å². The summed E-state index contributed by atoms with van der Waals surface area (Å²) in [7, 11) is 0.605. The Hall–Kier alpha value is -1.01. The predicted molar refractivity (Wildman–Crippen MR) is 108 cm³/mol. The maximum Gasteiger partial charge on any atom is 0.300 e. The highest BCUT2D eigenvalue weighted by atomic mass is 31.2. The number of rotatable bonds is 6. The first-order chi connectivity index (χ1) is 13.6. The second-order valence-corrected chi connectivity index (χ2v) is 9.23. The van der Waals surface area contributed by atoms with Crippen molar-refractivity contribution in [3.8, 4) is 6.01 Å². The lowest BCUT2D eigenvalue weighted by atomic mass is 10.1. The fourth-order valence-electron chi connectivity index (χ4n) is 3.95. The van der Waals surface area contributed by atoms with E-state index in [1.165, 1.54) is 7.11 Å². The Kier molecular flexibility index (Phi) is 6.77. The first kappa shape index (κ1) is 19.3. The summed E-state index contributed by atoms with van der Waals surface area (Å²) in [4.78, 5) is 15.7. The van der Waals surface area contributed by atoms with E-state index in [1.807, 2.05) is 10.8 Å². The Bertz CT molecular complexity index is 726. The van der Waals surface area contributed by atoms with E-state index < -0.39 is 8.30 Å². The second-order valence-electron chi connectivity index (χ2n) is 7.58. The molecular weight excluding hydrogens is 365 g/mol. The average molecular weight is 402 g/mol. The lowest BCUT2D eigenvalue weighted by molar-refractivity contribution is 0.191. The first-order valence-electron chi connectivity index (χ1n) is 10.4. The highest BCUT2D eigenvalue weighted by molar-refractivity contribution is 7.49. The maximum absolute atomic E-state index is 11.7. The molecule has 0 aromatic carbocycles. The van der Waals surface area contributed by atoms with Gasteiger partial charge in [0.05, 0.1) is 12.6 Å². The van der Waals surface area contributed by atoms with Gasteiger partial charge < -0.3 is 14.4 Å². The van der Waals surface area contributed by atoms with Crippen LogP contribution in [0.5, 0.6) is 6.01 Å². The van der Waals surface area contributed by atoms with Crippen molar-refractivity contribution >= 4 is 8.30 Å². The second kappa shape index (κ2) is 9.46. The third-order valence-corrected chi connectivity index (χ3v) is 7.03. The number of nitrogens with zero attached hydrogens (tertiary/aromatic N) is 3. The summed E-state index contributed by atoms with van der Waals surface area (Å²) >= 11 is 0. The number of aryl methyl sites for hydroxylation is 1. The van der Waals surface area contributed by atoms with Crippen LogP contribution < -0.4 is 10.3 Å². The SMILES string of the molecule is [2H]C1[C@@H](COP(C)N(C(C)C)C(C)C)C[C@@H]2[C@@H]1Oc1nc(=O)c(C)cn12.[3H]OC. The summed E-state index contributed by atoms with van der Waals surface area (Å²) in [5.74, 6) is 0.129. The summed E-state index contributed by atoms with van der Waals surface area (Å²) in [6.07, 6.45) is 2.03. The van der Waals surface area contributed by atoms with Gasteiger partial charge in [0.2, 0.25) is 1.43 Å². The molecule has 2 aliphatic rings. The molecule has 0 bridgehead atoms. The molecule has 0 radical (unpaired) electrons. The molecule has 8 heteroatoms. The molecule has 27 heavy (non-hydrogen) atoms. The summed E-state index contributed by atoms with van der Waals surface area (Å²) in [5.41, 5.74) is 0.359. The molecule has 7 nitrogen and oxygen atoms in total. The predicted octanol–water partition coefficient (Wildman–Crippen LogP) is 2.95. The summed E-state index contributed by atoms with van der Waals surface area (Å²) in [6.45, 7) is 13.2. The Balaban J connectivity index is 0.000000941. The molecule has 0 spiro atoms. The van der Waals surface area contributed by atoms with E-state index >= 15 is 0 Å². The van der Waals surface area contributed by atoms with Gasteiger partial charge in [-0.3, -0.25) is 14.0 Å². The van der Waals surface area contributed by atoms with Gasteiger partial charge in [-0.15, -0.1) is 0 Å². The third kappa shape index (κ3) is 4.89. The molecule has 1 aromatic rings. The molecule has 1 aliphatic carbocycles. The van der Waals surface area contributed by atoms with Gasteiger partial charge in [-0.2, -0.15) is 4.98 Å². The first-order valence-corrected chi connectivity index (χ1v) is 11.1. The molecule has 1 saturated carbocycles. The van der Waals surface area contributed by atoms with Crippen LogP contribution in [-0.4, -0.2) is 59.3 Å². The Labute approximate surface area is 166 Å². The third-order valence-electron chi connectivity index (χ3n) is 4.93. The number of hydrogen-bond acceptors (Lipinski definition) is 6. The molecule has 3 rings (SSSR count). The number of aliphatic hydroxyl groups is 1. The van der Waals surface area contributed by atoms with Crippen LogP contribution in [0.4, 0.5) is 0 Å². The minimum absolute atomic E-state index is 0.0716. The molecule has 5 atom stereocenters. The zero-order valence-electron chi connectivity index (χ0n) is 19.4. The lowest BCUT2D eigenvalue weighted by Crippen LogP contribution is -2.33. The van der Waals surface area contributed by atoms with Crippen LogP contribution in [0.25, 0.3) is 0 Å². The molecule has 1 fully saturated rings. The van der Waals surface area contributed by atoms with Gasteiger partial charge in [0.25, 0.3) is 11.6 Å². The average Bonchev–Trinajstić information content (AvgIpc) is 3.10. The minimum atomic E-state index is -0.686. The standard InChI is InChI=1S/C18H30N3O3P.CH4O/c1-11(2)21(12(3)4)25(6)23-10-14-7-15-16(8-14)24-18-19-17(22)13(5)9-20(15)18;1-2/h9,11-12,14-16H,7-8,10H2,1-6H3;2H,1H3/t14-,15+,16+,25?;/m0./s1/i8D;2T/t8?,14-,15+,16+,25?;. The highest BCUT2D eigenvalue weighted by Gasteiger charge is 2.43. The van der Waals surface area contributed by atoms with Crippen LogP contribution in [0.1, 0.15) is 53.5 Å². The number of ether oxygens (including phenoxy) is 1. The van der Waals surface area contributed by atoms with Crippen LogP contribution in [0.15, 0.2) is 11.0 Å². The van der Waals surface area contributed by atoms with Crippen molar-refractivity contribution in [3.63, 3.8) is 0 Å². The van der Waals surface area contributed by atoms with E-state index in [9.17, 15) is 4.79 Å². The van der Waals surface area contributed by atoms with Crippen molar-refractivity contribution < 1.29 is 15.7 Å². The monoisotopic (exact) mass is 402 g/mol. The van der Waals surface area contributed by atoms with Crippen molar-refractivity contribution in [2.75, 3.05) is 20.4 Å². The van der Waals surface area contributed by atoms with Gasteiger partial charge >= 0.3 is 0 Å². The van der Waals surface area contributed by atoms with Gasteiger partial charge in [-0.25, -0.2) is 0 Å². The molecule has 1 aliphatic heterocycles. The summed E-state index contributed by atoms with van der Waals surface area (Å²) < 4.78 is 30.7. The molecule has 2 unspecified atom stereocenters. The van der Waals surface area contributed by atoms with E-state index in [0.29, 0.717) is 30.3 Å². The molecule has 2 heterocycles. The van der Waals surface area contributed by atoms with Crippen molar-refractivity contribution in [3.05, 3.63) is 22.1 Å². The van der Waals surface area contributed by atoms with E-state index in [1.54, 1.807) is 6.92 Å². The molecule has 154 valence electrons. The smallest absolute Gasteiger partial charge is 0.300 e. The molecule has 1 N–H and O–H groups in total. The normalized spacial score (nSPS) is 28.2. The molecule has 0 saturated heterocycles. The zero-order chi connectivity index (χ0) is 21.9.